The monoisotopic (exact) mass is 370 g/mol. The fourth-order valence-corrected chi connectivity index (χ4v) is 4.66. The maximum Gasteiger partial charge on any atom is 0.236 e. The van der Waals surface area contributed by atoms with E-state index in [0.29, 0.717) is 6.54 Å². The zero-order valence-electron chi connectivity index (χ0n) is 10.9. The Morgan fingerprint density at radius 2 is 2.20 bits per heavy atom. The summed E-state index contributed by atoms with van der Waals surface area (Å²) in [6, 6.07) is 4.17. The average molecular weight is 371 g/mol. The summed E-state index contributed by atoms with van der Waals surface area (Å²) in [4.78, 5) is 16.8. The molecule has 0 bridgehead atoms. The zero-order valence-corrected chi connectivity index (χ0v) is 14.1. The van der Waals surface area contributed by atoms with Crippen LogP contribution in [0, 0.1) is 0 Å². The predicted molar refractivity (Wildman–Crippen MR) is 87.2 cm³/mol. The lowest BCUT2D eigenvalue weighted by Crippen LogP contribution is -2.40. The molecule has 0 aliphatic carbocycles. The van der Waals surface area contributed by atoms with Gasteiger partial charge in [0, 0.05) is 33.9 Å². The van der Waals surface area contributed by atoms with Gasteiger partial charge in [-0.2, -0.15) is 0 Å². The maximum absolute atomic E-state index is 12.2. The Morgan fingerprint density at radius 1 is 1.35 bits per heavy atom. The summed E-state index contributed by atoms with van der Waals surface area (Å²) < 4.78 is 1.11. The molecule has 0 saturated carbocycles. The Kier molecular flexibility index (Phi) is 4.55. The van der Waals surface area contributed by atoms with Gasteiger partial charge >= 0.3 is 0 Å². The highest BCUT2D eigenvalue weighted by atomic mass is 79.9. The first-order valence-corrected chi connectivity index (χ1v) is 9.05. The minimum absolute atomic E-state index is 0.189. The van der Waals surface area contributed by atoms with E-state index in [1.54, 1.807) is 22.7 Å². The summed E-state index contributed by atoms with van der Waals surface area (Å²) in [5, 5.41) is 7.40. The smallest absolute Gasteiger partial charge is 0.236 e. The Labute approximate surface area is 134 Å². The van der Waals surface area contributed by atoms with Gasteiger partial charge in [-0.1, -0.05) is 0 Å². The molecular weight excluding hydrogens is 356 g/mol. The Morgan fingerprint density at radius 3 is 3.00 bits per heavy atom. The first-order valence-electron chi connectivity index (χ1n) is 6.49. The molecular formula is C14H15BrN2OS2. The van der Waals surface area contributed by atoms with Crippen LogP contribution in [0.2, 0.25) is 0 Å². The number of hydrogen-bond acceptors (Lipinski definition) is 4. The second-order valence-corrected chi connectivity index (χ2v) is 7.59. The molecule has 0 aromatic carbocycles. The van der Waals surface area contributed by atoms with E-state index in [9.17, 15) is 4.79 Å². The van der Waals surface area contributed by atoms with E-state index in [0.717, 1.165) is 30.5 Å². The van der Waals surface area contributed by atoms with E-state index in [2.05, 4.69) is 32.7 Å². The van der Waals surface area contributed by atoms with Crippen molar-refractivity contribution in [2.45, 2.75) is 19.5 Å². The van der Waals surface area contributed by atoms with E-state index in [1.165, 1.54) is 15.3 Å². The SMILES string of the molecule is O=C(CNCc1sccc1Br)N1CCc2sccc2C1. The van der Waals surface area contributed by atoms with Crippen molar-refractivity contribution < 1.29 is 4.79 Å². The third kappa shape index (κ3) is 3.14. The molecule has 0 radical (unpaired) electrons. The zero-order chi connectivity index (χ0) is 13.9. The van der Waals surface area contributed by atoms with Crippen LogP contribution in [0.3, 0.4) is 0 Å². The van der Waals surface area contributed by atoms with Crippen LogP contribution in [0.1, 0.15) is 15.3 Å². The lowest BCUT2D eigenvalue weighted by Gasteiger charge is -2.27. The van der Waals surface area contributed by atoms with Crippen LogP contribution in [0.5, 0.6) is 0 Å². The molecule has 1 N–H and O–H groups in total. The minimum atomic E-state index is 0.189. The van der Waals surface area contributed by atoms with Crippen LogP contribution in [0.15, 0.2) is 27.4 Å². The molecule has 0 fully saturated rings. The van der Waals surface area contributed by atoms with Crippen LogP contribution >= 0.6 is 38.6 Å². The summed E-state index contributed by atoms with van der Waals surface area (Å²) in [6.07, 6.45) is 0.995. The molecule has 2 aromatic rings. The van der Waals surface area contributed by atoms with Gasteiger partial charge in [-0.15, -0.1) is 22.7 Å². The predicted octanol–water partition coefficient (Wildman–Crippen LogP) is 3.25. The number of rotatable bonds is 4. The second kappa shape index (κ2) is 6.39. The summed E-state index contributed by atoms with van der Waals surface area (Å²) in [6.45, 7) is 2.75. The molecule has 1 aliphatic rings. The molecule has 3 rings (SSSR count). The molecule has 6 heteroatoms. The quantitative estimate of drug-likeness (QED) is 0.895. The van der Waals surface area contributed by atoms with Gasteiger partial charge in [0.15, 0.2) is 0 Å². The first-order chi connectivity index (χ1) is 9.74. The largest absolute Gasteiger partial charge is 0.337 e. The molecule has 3 heterocycles. The number of halogens is 1. The summed E-state index contributed by atoms with van der Waals surface area (Å²) >= 11 is 7.00. The number of fused-ring (bicyclic) bond motifs is 1. The molecule has 106 valence electrons. The van der Waals surface area contributed by atoms with Crippen molar-refractivity contribution in [1.29, 1.82) is 0 Å². The van der Waals surface area contributed by atoms with E-state index in [-0.39, 0.29) is 5.91 Å². The number of carbonyl (C=O) groups excluding carboxylic acids is 1. The van der Waals surface area contributed by atoms with E-state index in [4.69, 9.17) is 0 Å². The third-order valence-electron chi connectivity index (χ3n) is 3.41. The molecule has 20 heavy (non-hydrogen) atoms. The number of amides is 1. The van der Waals surface area contributed by atoms with Crippen molar-refractivity contribution in [3.05, 3.63) is 42.7 Å². The summed E-state index contributed by atoms with van der Waals surface area (Å²) in [5.41, 5.74) is 1.32. The van der Waals surface area contributed by atoms with Gasteiger partial charge in [-0.3, -0.25) is 4.79 Å². The highest BCUT2D eigenvalue weighted by Gasteiger charge is 2.20. The Bertz CT molecular complexity index is 608. The van der Waals surface area contributed by atoms with Crippen LogP contribution in [-0.2, 0) is 24.3 Å². The molecule has 0 unspecified atom stereocenters. The summed E-state index contributed by atoms with van der Waals surface area (Å²) in [5.74, 6) is 0.189. The van der Waals surface area contributed by atoms with E-state index >= 15 is 0 Å². The number of nitrogens with zero attached hydrogens (tertiary/aromatic N) is 1. The maximum atomic E-state index is 12.2. The number of nitrogens with one attached hydrogen (secondary N) is 1. The van der Waals surface area contributed by atoms with Gasteiger partial charge in [0.25, 0.3) is 0 Å². The van der Waals surface area contributed by atoms with Gasteiger partial charge in [-0.05, 0) is 50.8 Å². The molecule has 0 spiro atoms. The van der Waals surface area contributed by atoms with Crippen molar-refractivity contribution >= 4 is 44.5 Å². The number of thiophene rings is 2. The van der Waals surface area contributed by atoms with Gasteiger partial charge in [-0.25, -0.2) is 0 Å². The fraction of sp³-hybridized carbons (Fsp3) is 0.357. The van der Waals surface area contributed by atoms with Gasteiger partial charge in [0.2, 0.25) is 5.91 Å². The molecule has 0 saturated heterocycles. The first kappa shape index (κ1) is 14.3. The standard InChI is InChI=1S/C14H15BrN2OS2/c15-11-3-6-20-13(11)7-16-8-14(18)17-4-1-12-10(9-17)2-5-19-12/h2-3,5-6,16H,1,4,7-9H2. The number of carbonyl (C=O) groups is 1. The highest BCUT2D eigenvalue weighted by Crippen LogP contribution is 2.24. The average Bonchev–Trinajstić information content (AvgIpc) is 3.07. The fourth-order valence-electron chi connectivity index (χ4n) is 2.31. The topological polar surface area (TPSA) is 32.3 Å². The van der Waals surface area contributed by atoms with Crippen LogP contribution in [-0.4, -0.2) is 23.9 Å². The van der Waals surface area contributed by atoms with Crippen molar-refractivity contribution in [1.82, 2.24) is 10.2 Å². The normalized spacial score (nSPS) is 14.3. The van der Waals surface area contributed by atoms with Crippen LogP contribution < -0.4 is 5.32 Å². The summed E-state index contributed by atoms with van der Waals surface area (Å²) in [7, 11) is 0. The van der Waals surface area contributed by atoms with Crippen molar-refractivity contribution in [3.63, 3.8) is 0 Å². The third-order valence-corrected chi connectivity index (χ3v) is 6.36. The molecule has 3 nitrogen and oxygen atoms in total. The molecule has 2 aromatic heterocycles. The van der Waals surface area contributed by atoms with Gasteiger partial charge in [0.05, 0.1) is 6.54 Å². The second-order valence-electron chi connectivity index (χ2n) is 4.73. The van der Waals surface area contributed by atoms with Gasteiger partial charge in [0.1, 0.15) is 0 Å². The highest BCUT2D eigenvalue weighted by molar-refractivity contribution is 9.10. The minimum Gasteiger partial charge on any atom is -0.337 e. The van der Waals surface area contributed by atoms with Crippen molar-refractivity contribution in [3.8, 4) is 0 Å². The number of hydrogen-bond donors (Lipinski definition) is 1. The molecule has 1 aliphatic heterocycles. The van der Waals surface area contributed by atoms with E-state index < -0.39 is 0 Å². The Hall–Kier alpha value is -0.690. The van der Waals surface area contributed by atoms with Crippen LogP contribution in [0.25, 0.3) is 0 Å². The van der Waals surface area contributed by atoms with Crippen molar-refractivity contribution in [2.24, 2.45) is 0 Å². The lowest BCUT2D eigenvalue weighted by molar-refractivity contribution is -0.131. The molecule has 0 atom stereocenters. The Balaban J connectivity index is 1.49. The van der Waals surface area contributed by atoms with Crippen LogP contribution in [0.4, 0.5) is 0 Å². The van der Waals surface area contributed by atoms with Gasteiger partial charge < -0.3 is 10.2 Å². The molecule has 1 amide bonds. The lowest BCUT2D eigenvalue weighted by atomic mass is 10.1. The van der Waals surface area contributed by atoms with E-state index in [1.807, 2.05) is 16.3 Å². The van der Waals surface area contributed by atoms with Crippen molar-refractivity contribution in [2.75, 3.05) is 13.1 Å².